The van der Waals surface area contributed by atoms with Crippen molar-refractivity contribution in [1.82, 2.24) is 4.72 Å². The average Bonchev–Trinajstić information content (AvgIpc) is 2.96. The minimum absolute atomic E-state index is 0.148. The number of nitrogens with one attached hydrogen (secondary N) is 1. The summed E-state index contributed by atoms with van der Waals surface area (Å²) in [6, 6.07) is 0. The van der Waals surface area contributed by atoms with Gasteiger partial charge in [-0.05, 0) is 38.1 Å². The SMILES string of the molecule is NCC1CCCC1C(=O)NS(=O)(=O)C1CC1. The van der Waals surface area contributed by atoms with Crippen LogP contribution in [0, 0.1) is 11.8 Å². The van der Waals surface area contributed by atoms with Gasteiger partial charge in [0.05, 0.1) is 5.25 Å². The van der Waals surface area contributed by atoms with Gasteiger partial charge in [0.2, 0.25) is 15.9 Å². The Balaban J connectivity index is 1.97. The summed E-state index contributed by atoms with van der Waals surface area (Å²) in [5, 5.41) is -0.339. The van der Waals surface area contributed by atoms with Crippen molar-refractivity contribution in [2.24, 2.45) is 17.6 Å². The van der Waals surface area contributed by atoms with Gasteiger partial charge in [-0.2, -0.15) is 0 Å². The van der Waals surface area contributed by atoms with Crippen LogP contribution < -0.4 is 10.5 Å². The van der Waals surface area contributed by atoms with E-state index in [-0.39, 0.29) is 23.0 Å². The third-order valence-electron chi connectivity index (χ3n) is 3.50. The molecule has 0 aromatic rings. The maximum absolute atomic E-state index is 11.8. The van der Waals surface area contributed by atoms with Gasteiger partial charge < -0.3 is 5.73 Å². The number of amides is 1. The van der Waals surface area contributed by atoms with Crippen molar-refractivity contribution < 1.29 is 13.2 Å². The fraction of sp³-hybridized carbons (Fsp3) is 0.900. The average molecular weight is 246 g/mol. The summed E-state index contributed by atoms with van der Waals surface area (Å²) in [5.74, 6) is -0.409. The first-order chi connectivity index (χ1) is 7.54. The quantitative estimate of drug-likeness (QED) is 0.729. The lowest BCUT2D eigenvalue weighted by molar-refractivity contribution is -0.124. The largest absolute Gasteiger partial charge is 0.330 e. The van der Waals surface area contributed by atoms with Gasteiger partial charge in [-0.25, -0.2) is 8.42 Å². The van der Waals surface area contributed by atoms with Crippen LogP contribution in [0.15, 0.2) is 0 Å². The van der Waals surface area contributed by atoms with Crippen molar-refractivity contribution in [1.29, 1.82) is 0 Å². The molecule has 16 heavy (non-hydrogen) atoms. The number of sulfonamides is 1. The number of carbonyl (C=O) groups excluding carboxylic acids is 1. The van der Waals surface area contributed by atoms with E-state index < -0.39 is 10.0 Å². The molecule has 0 aliphatic heterocycles. The molecule has 0 heterocycles. The second kappa shape index (κ2) is 4.33. The molecule has 92 valence electrons. The summed E-state index contributed by atoms with van der Waals surface area (Å²) in [6.45, 7) is 0.460. The number of rotatable bonds is 4. The Hall–Kier alpha value is -0.620. The second-order valence-corrected chi connectivity index (χ2v) is 6.70. The topological polar surface area (TPSA) is 89.3 Å². The summed E-state index contributed by atoms with van der Waals surface area (Å²) >= 11 is 0. The van der Waals surface area contributed by atoms with Crippen molar-refractivity contribution in [3.8, 4) is 0 Å². The highest BCUT2D eigenvalue weighted by Crippen LogP contribution is 2.32. The van der Waals surface area contributed by atoms with Crippen molar-refractivity contribution in [3.63, 3.8) is 0 Å². The fourth-order valence-corrected chi connectivity index (χ4v) is 3.70. The van der Waals surface area contributed by atoms with E-state index in [4.69, 9.17) is 5.73 Å². The molecule has 0 aromatic heterocycles. The minimum Gasteiger partial charge on any atom is -0.330 e. The summed E-state index contributed by atoms with van der Waals surface area (Å²) < 4.78 is 25.4. The Kier molecular flexibility index (Phi) is 3.21. The molecule has 5 nitrogen and oxygen atoms in total. The van der Waals surface area contributed by atoms with E-state index in [0.29, 0.717) is 19.4 Å². The van der Waals surface area contributed by atoms with E-state index in [9.17, 15) is 13.2 Å². The molecule has 0 aromatic carbocycles. The van der Waals surface area contributed by atoms with Crippen molar-refractivity contribution in [2.45, 2.75) is 37.4 Å². The lowest BCUT2D eigenvalue weighted by Gasteiger charge is -2.17. The van der Waals surface area contributed by atoms with Gasteiger partial charge >= 0.3 is 0 Å². The standard InChI is InChI=1S/C10H18N2O3S/c11-6-7-2-1-3-9(7)10(13)12-16(14,15)8-4-5-8/h7-9H,1-6,11H2,(H,12,13). The van der Waals surface area contributed by atoms with E-state index in [1.807, 2.05) is 0 Å². The Bertz CT molecular complexity index is 376. The molecule has 2 fully saturated rings. The van der Waals surface area contributed by atoms with Crippen LogP contribution in [0.4, 0.5) is 0 Å². The molecule has 2 unspecified atom stereocenters. The predicted molar refractivity (Wildman–Crippen MR) is 60.0 cm³/mol. The first-order valence-electron chi connectivity index (χ1n) is 5.80. The lowest BCUT2D eigenvalue weighted by Crippen LogP contribution is -2.40. The van der Waals surface area contributed by atoms with E-state index in [2.05, 4.69) is 4.72 Å². The molecule has 0 bridgehead atoms. The van der Waals surface area contributed by atoms with Gasteiger partial charge in [0.15, 0.2) is 0 Å². The van der Waals surface area contributed by atoms with Gasteiger partial charge in [-0.15, -0.1) is 0 Å². The molecular formula is C10H18N2O3S. The number of hydrogen-bond acceptors (Lipinski definition) is 4. The summed E-state index contributed by atoms with van der Waals surface area (Å²) in [7, 11) is -3.40. The van der Waals surface area contributed by atoms with Crippen LogP contribution in [0.3, 0.4) is 0 Å². The van der Waals surface area contributed by atoms with Crippen molar-refractivity contribution in [3.05, 3.63) is 0 Å². The molecule has 3 N–H and O–H groups in total. The monoisotopic (exact) mass is 246 g/mol. The first-order valence-corrected chi connectivity index (χ1v) is 7.35. The lowest BCUT2D eigenvalue weighted by atomic mass is 9.96. The second-order valence-electron chi connectivity index (χ2n) is 4.74. The Morgan fingerprint density at radius 2 is 1.94 bits per heavy atom. The van der Waals surface area contributed by atoms with Gasteiger partial charge in [0, 0.05) is 5.92 Å². The smallest absolute Gasteiger partial charge is 0.237 e. The fourth-order valence-electron chi connectivity index (χ4n) is 2.34. The van der Waals surface area contributed by atoms with Crippen LogP contribution in [0.1, 0.15) is 32.1 Å². The van der Waals surface area contributed by atoms with Gasteiger partial charge in [-0.1, -0.05) is 6.42 Å². The summed E-state index contributed by atoms with van der Waals surface area (Å²) in [6.07, 6.45) is 4.00. The maximum atomic E-state index is 11.8. The summed E-state index contributed by atoms with van der Waals surface area (Å²) in [5.41, 5.74) is 5.57. The third kappa shape index (κ3) is 2.38. The zero-order valence-corrected chi connectivity index (χ0v) is 10.0. The zero-order valence-electron chi connectivity index (χ0n) is 9.19. The van der Waals surface area contributed by atoms with Gasteiger partial charge in [-0.3, -0.25) is 9.52 Å². The highest BCUT2D eigenvalue weighted by molar-refractivity contribution is 7.90. The van der Waals surface area contributed by atoms with E-state index in [1.54, 1.807) is 0 Å². The Morgan fingerprint density at radius 3 is 2.50 bits per heavy atom. The third-order valence-corrected chi connectivity index (χ3v) is 5.34. The normalized spacial score (nSPS) is 30.3. The van der Waals surface area contributed by atoms with E-state index in [0.717, 1.165) is 19.3 Å². The molecule has 2 saturated carbocycles. The van der Waals surface area contributed by atoms with Gasteiger partial charge in [0.25, 0.3) is 0 Å². The summed E-state index contributed by atoms with van der Waals surface area (Å²) in [4.78, 5) is 11.8. The molecule has 0 spiro atoms. The first kappa shape index (κ1) is 11.9. The van der Waals surface area contributed by atoms with Crippen LogP contribution in [-0.4, -0.2) is 26.1 Å². The van der Waals surface area contributed by atoms with Crippen molar-refractivity contribution in [2.75, 3.05) is 6.54 Å². The van der Waals surface area contributed by atoms with Gasteiger partial charge in [0.1, 0.15) is 0 Å². The molecule has 0 saturated heterocycles. The molecular weight excluding hydrogens is 228 g/mol. The zero-order chi connectivity index (χ0) is 11.8. The Labute approximate surface area is 95.8 Å². The highest BCUT2D eigenvalue weighted by Gasteiger charge is 2.40. The van der Waals surface area contributed by atoms with E-state index in [1.165, 1.54) is 0 Å². The Morgan fingerprint density at radius 1 is 1.25 bits per heavy atom. The molecule has 2 rings (SSSR count). The molecule has 2 aliphatic carbocycles. The van der Waals surface area contributed by atoms with Crippen LogP contribution in [0.25, 0.3) is 0 Å². The molecule has 6 heteroatoms. The van der Waals surface area contributed by atoms with Crippen LogP contribution in [0.5, 0.6) is 0 Å². The molecule has 2 atom stereocenters. The number of hydrogen-bond donors (Lipinski definition) is 2. The van der Waals surface area contributed by atoms with E-state index >= 15 is 0 Å². The predicted octanol–water partition coefficient (Wildman–Crippen LogP) is -0.0302. The van der Waals surface area contributed by atoms with Crippen molar-refractivity contribution >= 4 is 15.9 Å². The van der Waals surface area contributed by atoms with Crippen LogP contribution >= 0.6 is 0 Å². The minimum atomic E-state index is -3.40. The van der Waals surface area contributed by atoms with Crippen LogP contribution in [0.2, 0.25) is 0 Å². The highest BCUT2D eigenvalue weighted by atomic mass is 32.2. The number of nitrogens with two attached hydrogens (primary N) is 1. The number of carbonyl (C=O) groups is 1. The molecule has 1 amide bonds. The maximum Gasteiger partial charge on any atom is 0.237 e. The molecule has 0 radical (unpaired) electrons. The molecule has 2 aliphatic rings. The van der Waals surface area contributed by atoms with Crippen LogP contribution in [-0.2, 0) is 14.8 Å².